The van der Waals surface area contributed by atoms with E-state index in [4.69, 9.17) is 0 Å². The van der Waals surface area contributed by atoms with E-state index in [-0.39, 0.29) is 5.91 Å². The summed E-state index contributed by atoms with van der Waals surface area (Å²) in [5, 5.41) is 3.01. The van der Waals surface area contributed by atoms with Crippen LogP contribution in [0, 0.1) is 20.8 Å². The summed E-state index contributed by atoms with van der Waals surface area (Å²) < 4.78 is 26.5. The highest BCUT2D eigenvalue weighted by molar-refractivity contribution is 7.93. The highest BCUT2D eigenvalue weighted by atomic mass is 32.2. The monoisotopic (exact) mass is 461 g/mol. The van der Waals surface area contributed by atoms with Gasteiger partial charge in [0.25, 0.3) is 0 Å². The molecule has 31 heavy (non-hydrogen) atoms. The minimum Gasteiger partial charge on any atom is -0.346 e. The van der Waals surface area contributed by atoms with Crippen molar-refractivity contribution in [3.05, 3.63) is 40.4 Å². The molecule has 1 saturated heterocycles. The number of carbonyl (C=O) groups is 1. The number of aromatic nitrogens is 1. The van der Waals surface area contributed by atoms with E-state index < -0.39 is 14.6 Å². The van der Waals surface area contributed by atoms with Gasteiger partial charge in [-0.25, -0.2) is 13.4 Å². The standard InChI is InChI=1S/C23H31N3O3S2/c1-17-7-8-18(2)20(15-17)31(28,29)23(9-4-5-10-23)21(27)25-11-6-12-26(14-13-25)22-24-19(3)16-30-22/h7-8,15-16H,4-6,9-14H2,1-3H3. The fraction of sp³-hybridized carbons (Fsp3) is 0.565. The Bertz CT molecular complexity index is 1070. The smallest absolute Gasteiger partial charge is 0.244 e. The van der Waals surface area contributed by atoms with Crippen molar-refractivity contribution in [2.45, 2.75) is 62.5 Å². The molecule has 1 saturated carbocycles. The molecule has 2 fully saturated rings. The number of hydrogen-bond donors (Lipinski definition) is 0. The lowest BCUT2D eigenvalue weighted by Crippen LogP contribution is -2.53. The average Bonchev–Trinajstić information content (AvgIpc) is 3.34. The van der Waals surface area contributed by atoms with Crippen molar-refractivity contribution in [3.8, 4) is 0 Å². The fourth-order valence-electron chi connectivity index (χ4n) is 4.84. The molecule has 8 heteroatoms. The van der Waals surface area contributed by atoms with Gasteiger partial charge in [0.05, 0.1) is 10.6 Å². The zero-order valence-electron chi connectivity index (χ0n) is 18.6. The van der Waals surface area contributed by atoms with E-state index in [1.165, 1.54) is 0 Å². The second-order valence-electron chi connectivity index (χ2n) is 8.88. The van der Waals surface area contributed by atoms with Gasteiger partial charge in [-0.15, -0.1) is 11.3 Å². The summed E-state index contributed by atoms with van der Waals surface area (Å²) in [6.45, 7) is 8.32. The van der Waals surface area contributed by atoms with Gasteiger partial charge in [-0.2, -0.15) is 0 Å². The van der Waals surface area contributed by atoms with Crippen LogP contribution in [0.1, 0.15) is 48.9 Å². The topological polar surface area (TPSA) is 70.6 Å². The van der Waals surface area contributed by atoms with E-state index in [0.717, 1.165) is 42.2 Å². The Balaban J connectivity index is 1.62. The van der Waals surface area contributed by atoms with E-state index in [9.17, 15) is 13.2 Å². The van der Waals surface area contributed by atoms with Crippen LogP contribution in [0.15, 0.2) is 28.5 Å². The predicted octanol–water partition coefficient (Wildman–Crippen LogP) is 3.89. The number of carbonyl (C=O) groups excluding carboxylic acids is 1. The van der Waals surface area contributed by atoms with Crippen molar-refractivity contribution >= 4 is 32.2 Å². The molecule has 1 aromatic carbocycles. The van der Waals surface area contributed by atoms with Crippen LogP contribution in [0.5, 0.6) is 0 Å². The van der Waals surface area contributed by atoms with Crippen LogP contribution in [-0.2, 0) is 14.6 Å². The van der Waals surface area contributed by atoms with Crippen molar-refractivity contribution in [3.63, 3.8) is 0 Å². The number of aryl methyl sites for hydroxylation is 3. The quantitative estimate of drug-likeness (QED) is 0.691. The third-order valence-corrected chi connectivity index (χ3v) is 10.3. The Morgan fingerprint density at radius 1 is 1.03 bits per heavy atom. The van der Waals surface area contributed by atoms with Crippen molar-refractivity contribution in [2.24, 2.45) is 0 Å². The lowest BCUT2D eigenvalue weighted by atomic mass is 10.1. The molecule has 168 valence electrons. The van der Waals surface area contributed by atoms with E-state index in [1.54, 1.807) is 22.3 Å². The van der Waals surface area contributed by atoms with Gasteiger partial charge >= 0.3 is 0 Å². The Labute approximate surface area is 189 Å². The van der Waals surface area contributed by atoms with Crippen LogP contribution < -0.4 is 4.90 Å². The second kappa shape index (κ2) is 8.54. The SMILES string of the molecule is Cc1ccc(C)c(S(=O)(=O)C2(C(=O)N3CCCN(c4nc(C)cs4)CC3)CCCC2)c1. The Morgan fingerprint density at radius 3 is 2.45 bits per heavy atom. The molecule has 0 radical (unpaired) electrons. The Kier molecular flexibility index (Phi) is 6.14. The van der Waals surface area contributed by atoms with Gasteiger partial charge in [-0.05, 0) is 57.2 Å². The first-order valence-electron chi connectivity index (χ1n) is 11.0. The molecule has 1 aromatic heterocycles. The maximum Gasteiger partial charge on any atom is 0.244 e. The number of rotatable bonds is 4. The van der Waals surface area contributed by atoms with Gasteiger partial charge in [0, 0.05) is 31.6 Å². The molecule has 6 nitrogen and oxygen atoms in total. The van der Waals surface area contributed by atoms with Gasteiger partial charge in [0.15, 0.2) is 19.7 Å². The molecule has 1 amide bonds. The van der Waals surface area contributed by atoms with Gasteiger partial charge in [0.1, 0.15) is 0 Å². The number of amides is 1. The first-order chi connectivity index (χ1) is 14.7. The molecule has 0 bridgehead atoms. The highest BCUT2D eigenvalue weighted by Crippen LogP contribution is 2.43. The maximum atomic E-state index is 13.9. The zero-order valence-corrected chi connectivity index (χ0v) is 20.2. The fourth-order valence-corrected chi connectivity index (χ4v) is 8.13. The van der Waals surface area contributed by atoms with Gasteiger partial charge in [-0.3, -0.25) is 4.79 Å². The van der Waals surface area contributed by atoms with Crippen molar-refractivity contribution in [2.75, 3.05) is 31.1 Å². The summed E-state index contributed by atoms with van der Waals surface area (Å²) in [6.07, 6.45) is 3.17. The first kappa shape index (κ1) is 22.3. The Morgan fingerprint density at radius 2 is 1.77 bits per heavy atom. The van der Waals surface area contributed by atoms with Gasteiger partial charge < -0.3 is 9.80 Å². The first-order valence-corrected chi connectivity index (χ1v) is 13.4. The predicted molar refractivity (Wildman–Crippen MR) is 125 cm³/mol. The van der Waals surface area contributed by atoms with Crippen LogP contribution in [0.25, 0.3) is 0 Å². The summed E-state index contributed by atoms with van der Waals surface area (Å²) in [6, 6.07) is 5.49. The molecule has 4 rings (SSSR count). The lowest BCUT2D eigenvalue weighted by molar-refractivity contribution is -0.133. The van der Waals surface area contributed by atoms with Gasteiger partial charge in [0.2, 0.25) is 5.91 Å². The van der Waals surface area contributed by atoms with E-state index in [2.05, 4.69) is 9.88 Å². The number of hydrogen-bond acceptors (Lipinski definition) is 6. The number of anilines is 1. The highest BCUT2D eigenvalue weighted by Gasteiger charge is 2.54. The van der Waals surface area contributed by atoms with E-state index >= 15 is 0 Å². The molecule has 2 heterocycles. The molecule has 0 unspecified atom stereocenters. The summed E-state index contributed by atoms with van der Waals surface area (Å²) in [4.78, 5) is 22.8. The average molecular weight is 462 g/mol. The van der Waals surface area contributed by atoms with Gasteiger partial charge in [-0.1, -0.05) is 25.0 Å². The summed E-state index contributed by atoms with van der Waals surface area (Å²) in [7, 11) is -3.79. The molecule has 2 aromatic rings. The minimum atomic E-state index is -3.79. The second-order valence-corrected chi connectivity index (χ2v) is 11.9. The van der Waals surface area contributed by atoms with Crippen LogP contribution in [0.3, 0.4) is 0 Å². The largest absolute Gasteiger partial charge is 0.346 e. The number of sulfone groups is 1. The molecule has 0 atom stereocenters. The van der Waals surface area contributed by atoms with Crippen LogP contribution in [-0.4, -0.2) is 55.1 Å². The zero-order chi connectivity index (χ0) is 22.2. The van der Waals surface area contributed by atoms with E-state index in [0.29, 0.717) is 42.9 Å². The third kappa shape index (κ3) is 4.00. The third-order valence-electron chi connectivity index (χ3n) is 6.61. The van der Waals surface area contributed by atoms with Crippen LogP contribution in [0.4, 0.5) is 5.13 Å². The van der Waals surface area contributed by atoms with Crippen LogP contribution >= 0.6 is 11.3 Å². The van der Waals surface area contributed by atoms with Crippen molar-refractivity contribution < 1.29 is 13.2 Å². The van der Waals surface area contributed by atoms with Crippen molar-refractivity contribution in [1.82, 2.24) is 9.88 Å². The number of nitrogens with zero attached hydrogens (tertiary/aromatic N) is 3. The van der Waals surface area contributed by atoms with E-state index in [1.807, 2.05) is 38.3 Å². The summed E-state index contributed by atoms with van der Waals surface area (Å²) in [5.74, 6) is -0.205. The molecule has 1 aliphatic carbocycles. The number of thiazole rings is 1. The lowest BCUT2D eigenvalue weighted by Gasteiger charge is -2.34. The molecule has 0 N–H and O–H groups in total. The molecular weight excluding hydrogens is 430 g/mol. The van der Waals surface area contributed by atoms with Crippen LogP contribution in [0.2, 0.25) is 0 Å². The number of benzene rings is 1. The normalized spacial score (nSPS) is 19.5. The van der Waals surface area contributed by atoms with Crippen molar-refractivity contribution in [1.29, 1.82) is 0 Å². The summed E-state index contributed by atoms with van der Waals surface area (Å²) >= 11 is 1.62. The Hall–Kier alpha value is -1.93. The minimum absolute atomic E-state index is 0.205. The molecule has 2 aliphatic rings. The molecule has 1 aliphatic heterocycles. The summed E-state index contributed by atoms with van der Waals surface area (Å²) in [5.41, 5.74) is 2.61. The maximum absolute atomic E-state index is 13.9. The molecular formula is C23H31N3O3S2. The molecule has 0 spiro atoms.